The Balaban J connectivity index is 1.96. The number of amides is 1. The molecule has 28 heavy (non-hydrogen) atoms. The molecular formula is C20H26ClN3O3S. The van der Waals surface area contributed by atoms with Gasteiger partial charge in [-0.15, -0.1) is 0 Å². The first-order valence-electron chi connectivity index (χ1n) is 9.28. The molecule has 0 aliphatic carbocycles. The first kappa shape index (κ1) is 22.3. The third kappa shape index (κ3) is 6.29. The molecule has 0 spiro atoms. The van der Waals surface area contributed by atoms with E-state index in [0.717, 1.165) is 5.69 Å². The van der Waals surface area contributed by atoms with E-state index in [-0.39, 0.29) is 29.8 Å². The van der Waals surface area contributed by atoms with Crippen LogP contribution in [0.2, 0.25) is 5.02 Å². The SMILES string of the molecule is CCC(C)N(CCC(=O)NCCc1ccccn1)S(=O)(=O)c1ccc(Cl)cc1. The van der Waals surface area contributed by atoms with Crippen molar-refractivity contribution >= 4 is 27.5 Å². The largest absolute Gasteiger partial charge is 0.356 e. The lowest BCUT2D eigenvalue weighted by molar-refractivity contribution is -0.121. The standard InChI is InChI=1S/C20H26ClN3O3S/c1-3-16(2)24(28(26,27)19-9-7-17(21)8-10-19)15-12-20(25)23-14-11-18-6-4-5-13-22-18/h4-10,13,16H,3,11-12,14-15H2,1-2H3,(H,23,25). The Hall–Kier alpha value is -1.96. The lowest BCUT2D eigenvalue weighted by atomic mass is 10.2. The maximum Gasteiger partial charge on any atom is 0.243 e. The Kier molecular flexibility index (Phi) is 8.41. The van der Waals surface area contributed by atoms with Gasteiger partial charge in [-0.1, -0.05) is 24.6 Å². The molecule has 1 aromatic heterocycles. The number of pyridine rings is 1. The fourth-order valence-corrected chi connectivity index (χ4v) is 4.53. The Bertz CT molecular complexity index is 858. The minimum absolute atomic E-state index is 0.0966. The second kappa shape index (κ2) is 10.5. The van der Waals surface area contributed by atoms with Gasteiger partial charge in [0.1, 0.15) is 0 Å². The van der Waals surface area contributed by atoms with E-state index in [0.29, 0.717) is 24.4 Å². The summed E-state index contributed by atoms with van der Waals surface area (Å²) < 4.78 is 27.4. The molecule has 2 rings (SSSR count). The number of hydrogen-bond donors (Lipinski definition) is 1. The van der Waals surface area contributed by atoms with Crippen LogP contribution in [-0.2, 0) is 21.2 Å². The second-order valence-electron chi connectivity index (χ2n) is 6.50. The van der Waals surface area contributed by atoms with Gasteiger partial charge in [-0.25, -0.2) is 8.42 Å². The Morgan fingerprint density at radius 3 is 2.54 bits per heavy atom. The predicted octanol–water partition coefficient (Wildman–Crippen LogP) is 3.27. The molecule has 152 valence electrons. The van der Waals surface area contributed by atoms with Crippen LogP contribution in [0.25, 0.3) is 0 Å². The van der Waals surface area contributed by atoms with Gasteiger partial charge in [0.2, 0.25) is 15.9 Å². The van der Waals surface area contributed by atoms with E-state index in [1.54, 1.807) is 18.3 Å². The van der Waals surface area contributed by atoms with Gasteiger partial charge in [-0.2, -0.15) is 4.31 Å². The van der Waals surface area contributed by atoms with Gasteiger partial charge in [0.15, 0.2) is 0 Å². The molecule has 1 unspecified atom stereocenters. The van der Waals surface area contributed by atoms with Gasteiger partial charge >= 0.3 is 0 Å². The van der Waals surface area contributed by atoms with Crippen molar-refractivity contribution < 1.29 is 13.2 Å². The monoisotopic (exact) mass is 423 g/mol. The number of benzene rings is 1. The van der Waals surface area contributed by atoms with Gasteiger partial charge in [0.25, 0.3) is 0 Å². The number of rotatable bonds is 10. The molecule has 0 aliphatic heterocycles. The van der Waals surface area contributed by atoms with Gasteiger partial charge in [0, 0.05) is 48.9 Å². The normalized spacial score (nSPS) is 12.7. The van der Waals surface area contributed by atoms with Crippen molar-refractivity contribution in [1.29, 1.82) is 0 Å². The number of carbonyl (C=O) groups excluding carboxylic acids is 1. The van der Waals surface area contributed by atoms with E-state index in [2.05, 4.69) is 10.3 Å². The molecule has 1 aromatic carbocycles. The highest BCUT2D eigenvalue weighted by Crippen LogP contribution is 2.21. The number of hydrogen-bond acceptors (Lipinski definition) is 4. The van der Waals surface area contributed by atoms with Crippen molar-refractivity contribution in [3.05, 3.63) is 59.4 Å². The molecule has 0 fully saturated rings. The van der Waals surface area contributed by atoms with Crippen molar-refractivity contribution in [3.8, 4) is 0 Å². The zero-order valence-electron chi connectivity index (χ0n) is 16.1. The topological polar surface area (TPSA) is 79.4 Å². The van der Waals surface area contributed by atoms with Crippen molar-refractivity contribution in [2.24, 2.45) is 0 Å². The molecule has 1 atom stereocenters. The van der Waals surface area contributed by atoms with E-state index in [1.807, 2.05) is 32.0 Å². The van der Waals surface area contributed by atoms with E-state index in [1.165, 1.54) is 16.4 Å². The van der Waals surface area contributed by atoms with Crippen molar-refractivity contribution in [1.82, 2.24) is 14.6 Å². The highest BCUT2D eigenvalue weighted by atomic mass is 35.5. The van der Waals surface area contributed by atoms with Crippen LogP contribution >= 0.6 is 11.6 Å². The average molecular weight is 424 g/mol. The minimum atomic E-state index is -3.70. The molecule has 1 heterocycles. The maximum absolute atomic E-state index is 13.0. The highest BCUT2D eigenvalue weighted by molar-refractivity contribution is 7.89. The van der Waals surface area contributed by atoms with Gasteiger partial charge < -0.3 is 5.32 Å². The lowest BCUT2D eigenvalue weighted by Crippen LogP contribution is -2.41. The number of nitrogens with zero attached hydrogens (tertiary/aromatic N) is 2. The molecule has 8 heteroatoms. The molecule has 2 aromatic rings. The van der Waals surface area contributed by atoms with Crippen LogP contribution in [0.5, 0.6) is 0 Å². The summed E-state index contributed by atoms with van der Waals surface area (Å²) in [4.78, 5) is 16.6. The van der Waals surface area contributed by atoms with E-state index in [4.69, 9.17) is 11.6 Å². The number of sulfonamides is 1. The first-order valence-corrected chi connectivity index (χ1v) is 11.1. The van der Waals surface area contributed by atoms with Crippen LogP contribution in [0, 0.1) is 0 Å². The fraction of sp³-hybridized carbons (Fsp3) is 0.400. The number of nitrogens with one attached hydrogen (secondary N) is 1. The van der Waals surface area contributed by atoms with Crippen molar-refractivity contribution in [2.75, 3.05) is 13.1 Å². The number of halogens is 1. The van der Waals surface area contributed by atoms with E-state index < -0.39 is 10.0 Å². The molecule has 0 saturated heterocycles. The van der Waals surface area contributed by atoms with Crippen LogP contribution in [0.3, 0.4) is 0 Å². The Labute approximate surface area is 172 Å². The molecule has 1 N–H and O–H groups in total. The summed E-state index contributed by atoms with van der Waals surface area (Å²) in [5.41, 5.74) is 0.898. The van der Waals surface area contributed by atoms with E-state index in [9.17, 15) is 13.2 Å². The van der Waals surface area contributed by atoms with Crippen LogP contribution in [-0.4, -0.2) is 42.7 Å². The zero-order chi connectivity index (χ0) is 20.6. The number of aromatic nitrogens is 1. The zero-order valence-corrected chi connectivity index (χ0v) is 17.7. The maximum atomic E-state index is 13.0. The van der Waals surface area contributed by atoms with Crippen LogP contribution in [0.4, 0.5) is 0 Å². The summed E-state index contributed by atoms with van der Waals surface area (Å²) in [5.74, 6) is -0.185. The minimum Gasteiger partial charge on any atom is -0.356 e. The van der Waals surface area contributed by atoms with Crippen LogP contribution in [0.15, 0.2) is 53.6 Å². The summed E-state index contributed by atoms with van der Waals surface area (Å²) in [6.45, 7) is 4.34. The van der Waals surface area contributed by atoms with Gasteiger partial charge in [0.05, 0.1) is 4.90 Å². The number of carbonyl (C=O) groups is 1. The molecule has 6 nitrogen and oxygen atoms in total. The molecule has 0 bridgehead atoms. The summed E-state index contributed by atoms with van der Waals surface area (Å²) in [7, 11) is -3.70. The fourth-order valence-electron chi connectivity index (χ4n) is 2.70. The Morgan fingerprint density at radius 1 is 1.21 bits per heavy atom. The molecule has 1 amide bonds. The molecule has 0 aliphatic rings. The highest BCUT2D eigenvalue weighted by Gasteiger charge is 2.28. The van der Waals surface area contributed by atoms with E-state index >= 15 is 0 Å². The average Bonchev–Trinajstić information content (AvgIpc) is 2.69. The second-order valence-corrected chi connectivity index (χ2v) is 8.82. The Morgan fingerprint density at radius 2 is 1.93 bits per heavy atom. The summed E-state index contributed by atoms with van der Waals surface area (Å²) in [6, 6.07) is 11.5. The van der Waals surface area contributed by atoms with Gasteiger partial charge in [-0.3, -0.25) is 9.78 Å². The van der Waals surface area contributed by atoms with Crippen LogP contribution < -0.4 is 5.32 Å². The lowest BCUT2D eigenvalue weighted by Gasteiger charge is -2.27. The predicted molar refractivity (Wildman–Crippen MR) is 111 cm³/mol. The smallest absolute Gasteiger partial charge is 0.243 e. The quantitative estimate of drug-likeness (QED) is 0.636. The first-order chi connectivity index (χ1) is 13.3. The summed E-state index contributed by atoms with van der Waals surface area (Å²) in [5, 5.41) is 3.30. The third-order valence-corrected chi connectivity index (χ3v) is 6.77. The molecule has 0 saturated carbocycles. The van der Waals surface area contributed by atoms with Gasteiger partial charge in [-0.05, 0) is 49.7 Å². The summed E-state index contributed by atoms with van der Waals surface area (Å²) in [6.07, 6.45) is 3.08. The van der Waals surface area contributed by atoms with Crippen LogP contribution in [0.1, 0.15) is 32.4 Å². The van der Waals surface area contributed by atoms with Crippen molar-refractivity contribution in [2.45, 2.75) is 44.0 Å². The molecular weight excluding hydrogens is 398 g/mol. The summed E-state index contributed by atoms with van der Waals surface area (Å²) >= 11 is 5.86. The molecule has 0 radical (unpaired) electrons. The van der Waals surface area contributed by atoms with Crippen molar-refractivity contribution in [3.63, 3.8) is 0 Å². The third-order valence-electron chi connectivity index (χ3n) is 4.49.